The van der Waals surface area contributed by atoms with Crippen LogP contribution in [0, 0.1) is 0 Å². The van der Waals surface area contributed by atoms with Crippen LogP contribution in [-0.4, -0.2) is 25.9 Å². The number of amides is 1. The molecule has 0 saturated heterocycles. The lowest BCUT2D eigenvalue weighted by Crippen LogP contribution is -2.25. The molecule has 2 N–H and O–H groups in total. The van der Waals surface area contributed by atoms with Crippen LogP contribution in [-0.2, 0) is 16.6 Å². The van der Waals surface area contributed by atoms with Gasteiger partial charge in [0.15, 0.2) is 0 Å². The second-order valence-electron chi connectivity index (χ2n) is 4.67. The van der Waals surface area contributed by atoms with Crippen LogP contribution in [0.1, 0.15) is 16.1 Å². The van der Waals surface area contributed by atoms with Gasteiger partial charge in [0.2, 0.25) is 10.0 Å². The Balaban J connectivity index is 2.13. The molecule has 7 heteroatoms. The topological polar surface area (TPSA) is 88.2 Å². The van der Waals surface area contributed by atoms with Crippen molar-refractivity contribution in [1.29, 1.82) is 0 Å². The van der Waals surface area contributed by atoms with E-state index in [1.807, 2.05) is 0 Å². The average Bonchev–Trinajstić information content (AvgIpc) is 2.59. The molecule has 0 bridgehead atoms. The van der Waals surface area contributed by atoms with Crippen molar-refractivity contribution < 1.29 is 13.2 Å². The molecule has 0 aliphatic heterocycles. The summed E-state index contributed by atoms with van der Waals surface area (Å²) in [5.41, 5.74) is 0.878. The Kier molecular flexibility index (Phi) is 5.61. The van der Waals surface area contributed by atoms with E-state index < -0.39 is 10.0 Å². The molecule has 1 heterocycles. The van der Waals surface area contributed by atoms with Crippen LogP contribution in [0.2, 0.25) is 0 Å². The normalized spacial score (nSPS) is 11.0. The smallest absolute Gasteiger partial charge is 0.251 e. The van der Waals surface area contributed by atoms with Gasteiger partial charge in [0.05, 0.1) is 17.1 Å². The van der Waals surface area contributed by atoms with Gasteiger partial charge in [-0.15, -0.1) is 6.58 Å². The van der Waals surface area contributed by atoms with Crippen LogP contribution in [0.4, 0.5) is 0 Å². The van der Waals surface area contributed by atoms with Crippen molar-refractivity contribution in [3.63, 3.8) is 0 Å². The summed E-state index contributed by atoms with van der Waals surface area (Å²) in [5.74, 6) is -0.355. The molecule has 0 aliphatic rings. The number of hydrogen-bond acceptors (Lipinski definition) is 4. The van der Waals surface area contributed by atoms with E-state index in [0.717, 1.165) is 0 Å². The van der Waals surface area contributed by atoms with E-state index in [9.17, 15) is 13.2 Å². The van der Waals surface area contributed by atoms with Crippen molar-refractivity contribution in [2.45, 2.75) is 11.4 Å². The van der Waals surface area contributed by atoms with Crippen molar-refractivity contribution in [2.75, 3.05) is 6.54 Å². The van der Waals surface area contributed by atoms with E-state index in [1.165, 1.54) is 18.2 Å². The van der Waals surface area contributed by atoms with Crippen molar-refractivity contribution in [3.8, 4) is 0 Å². The van der Waals surface area contributed by atoms with Crippen LogP contribution in [0.5, 0.6) is 0 Å². The molecular weight excluding hydrogens is 314 g/mol. The lowest BCUT2D eigenvalue weighted by molar-refractivity contribution is 0.0958. The van der Waals surface area contributed by atoms with Crippen molar-refractivity contribution in [2.24, 2.45) is 0 Å². The van der Waals surface area contributed by atoms with Gasteiger partial charge in [0.25, 0.3) is 5.91 Å². The SMILES string of the molecule is C=CCNC(=O)c1cccc(S(=O)(=O)NCc2ccccn2)c1. The van der Waals surface area contributed by atoms with Crippen molar-refractivity contribution in [3.05, 3.63) is 72.6 Å². The zero-order valence-electron chi connectivity index (χ0n) is 12.4. The Labute approximate surface area is 135 Å². The van der Waals surface area contributed by atoms with Crippen molar-refractivity contribution in [1.82, 2.24) is 15.0 Å². The van der Waals surface area contributed by atoms with E-state index >= 15 is 0 Å². The third kappa shape index (κ3) is 4.73. The number of rotatable bonds is 7. The van der Waals surface area contributed by atoms with Gasteiger partial charge in [-0.3, -0.25) is 9.78 Å². The van der Waals surface area contributed by atoms with E-state index in [0.29, 0.717) is 12.2 Å². The van der Waals surface area contributed by atoms with Gasteiger partial charge < -0.3 is 5.32 Å². The molecule has 120 valence electrons. The summed E-state index contributed by atoms with van der Waals surface area (Å²) in [4.78, 5) is 16.0. The molecule has 2 rings (SSSR count). The number of carbonyl (C=O) groups is 1. The number of sulfonamides is 1. The third-order valence-electron chi connectivity index (χ3n) is 2.98. The van der Waals surface area contributed by atoms with Gasteiger partial charge >= 0.3 is 0 Å². The fraction of sp³-hybridized carbons (Fsp3) is 0.125. The first kappa shape index (κ1) is 16.9. The highest BCUT2D eigenvalue weighted by Crippen LogP contribution is 2.12. The van der Waals surface area contributed by atoms with E-state index in [4.69, 9.17) is 0 Å². The van der Waals surface area contributed by atoms with Gasteiger partial charge in [0.1, 0.15) is 0 Å². The van der Waals surface area contributed by atoms with Gasteiger partial charge in [-0.2, -0.15) is 0 Å². The number of nitrogens with zero attached hydrogens (tertiary/aromatic N) is 1. The molecule has 23 heavy (non-hydrogen) atoms. The van der Waals surface area contributed by atoms with Crippen LogP contribution in [0.25, 0.3) is 0 Å². The minimum atomic E-state index is -3.73. The molecule has 1 amide bonds. The molecule has 0 aliphatic carbocycles. The van der Waals surface area contributed by atoms with E-state index in [1.54, 1.807) is 36.5 Å². The molecule has 1 aromatic heterocycles. The minimum Gasteiger partial charge on any atom is -0.349 e. The maximum atomic E-state index is 12.3. The first-order chi connectivity index (χ1) is 11.0. The Morgan fingerprint density at radius 3 is 2.74 bits per heavy atom. The summed E-state index contributed by atoms with van der Waals surface area (Å²) in [6.45, 7) is 3.90. The summed E-state index contributed by atoms with van der Waals surface area (Å²) in [7, 11) is -3.73. The number of carbonyl (C=O) groups excluding carboxylic acids is 1. The molecule has 0 spiro atoms. The molecule has 1 aromatic carbocycles. The summed E-state index contributed by atoms with van der Waals surface area (Å²) in [5, 5.41) is 2.60. The van der Waals surface area contributed by atoms with Gasteiger partial charge in [-0.1, -0.05) is 18.2 Å². The monoisotopic (exact) mass is 331 g/mol. The first-order valence-electron chi connectivity index (χ1n) is 6.91. The zero-order valence-corrected chi connectivity index (χ0v) is 13.2. The maximum Gasteiger partial charge on any atom is 0.251 e. The lowest BCUT2D eigenvalue weighted by atomic mass is 10.2. The summed E-state index contributed by atoms with van der Waals surface area (Å²) >= 11 is 0. The Hall–Kier alpha value is -2.51. The van der Waals surface area contributed by atoms with Gasteiger partial charge in [-0.25, -0.2) is 13.1 Å². The highest BCUT2D eigenvalue weighted by Gasteiger charge is 2.16. The summed E-state index contributed by atoms with van der Waals surface area (Å²) in [6, 6.07) is 11.1. The maximum absolute atomic E-state index is 12.3. The fourth-order valence-electron chi connectivity index (χ4n) is 1.83. The average molecular weight is 331 g/mol. The Morgan fingerprint density at radius 2 is 2.04 bits per heavy atom. The van der Waals surface area contributed by atoms with E-state index in [2.05, 4.69) is 21.6 Å². The van der Waals surface area contributed by atoms with Crippen molar-refractivity contribution >= 4 is 15.9 Å². The molecule has 0 saturated carbocycles. The predicted octanol–water partition coefficient (Wildman–Crippen LogP) is 1.48. The highest BCUT2D eigenvalue weighted by molar-refractivity contribution is 7.89. The number of nitrogens with one attached hydrogen (secondary N) is 2. The highest BCUT2D eigenvalue weighted by atomic mass is 32.2. The zero-order chi connectivity index (χ0) is 16.7. The largest absolute Gasteiger partial charge is 0.349 e. The number of aromatic nitrogens is 1. The fourth-order valence-corrected chi connectivity index (χ4v) is 2.87. The first-order valence-corrected chi connectivity index (χ1v) is 8.40. The second kappa shape index (κ2) is 7.66. The minimum absolute atomic E-state index is 0.0275. The molecule has 6 nitrogen and oxygen atoms in total. The van der Waals surface area contributed by atoms with Crippen LogP contribution in [0.15, 0.2) is 66.2 Å². The third-order valence-corrected chi connectivity index (χ3v) is 4.38. The summed E-state index contributed by atoms with van der Waals surface area (Å²) < 4.78 is 27.1. The van der Waals surface area contributed by atoms with E-state index in [-0.39, 0.29) is 22.9 Å². The summed E-state index contributed by atoms with van der Waals surface area (Å²) in [6.07, 6.45) is 3.14. The quantitative estimate of drug-likeness (QED) is 0.752. The molecule has 0 radical (unpaired) electrons. The molecular formula is C16H17N3O3S. The standard InChI is InChI=1S/C16H17N3O3S/c1-2-9-18-16(20)13-6-5-8-15(11-13)23(21,22)19-12-14-7-3-4-10-17-14/h2-8,10-11,19H,1,9,12H2,(H,18,20). The Morgan fingerprint density at radius 1 is 1.22 bits per heavy atom. The van der Waals surface area contributed by atoms with Crippen LogP contribution in [0.3, 0.4) is 0 Å². The predicted molar refractivity (Wildman–Crippen MR) is 87.2 cm³/mol. The molecule has 0 fully saturated rings. The lowest BCUT2D eigenvalue weighted by Gasteiger charge is -2.08. The second-order valence-corrected chi connectivity index (χ2v) is 6.44. The Bertz CT molecular complexity index is 789. The molecule has 2 aromatic rings. The van der Waals surface area contributed by atoms with Crippen LogP contribution >= 0.6 is 0 Å². The van der Waals surface area contributed by atoms with Gasteiger partial charge in [-0.05, 0) is 30.3 Å². The number of pyridine rings is 1. The number of benzene rings is 1. The molecule has 0 atom stereocenters. The number of hydrogen-bond donors (Lipinski definition) is 2. The molecule has 0 unspecified atom stereocenters. The van der Waals surface area contributed by atoms with Gasteiger partial charge in [0, 0.05) is 18.3 Å². The van der Waals surface area contributed by atoms with Crippen LogP contribution < -0.4 is 10.0 Å².